The Morgan fingerprint density at radius 2 is 2.44 bits per heavy atom. The molecule has 1 aromatic rings. The zero-order chi connectivity index (χ0) is 11.5. The molecule has 0 bridgehead atoms. The van der Waals surface area contributed by atoms with E-state index in [2.05, 4.69) is 15.3 Å². The average Bonchev–Trinajstić information content (AvgIpc) is 2.77. The molecule has 90 valence electrons. The van der Waals surface area contributed by atoms with E-state index in [0.717, 1.165) is 18.8 Å². The van der Waals surface area contributed by atoms with E-state index in [1.807, 2.05) is 24.8 Å². The molecule has 0 unspecified atom stereocenters. The number of nitrogens with zero attached hydrogens (tertiary/aromatic N) is 3. The first kappa shape index (κ1) is 11.5. The molecule has 16 heavy (non-hydrogen) atoms. The maximum atomic E-state index is 13.4. The highest BCUT2D eigenvalue weighted by molar-refractivity contribution is 5.01. The summed E-state index contributed by atoms with van der Waals surface area (Å²) in [5.41, 5.74) is 1.13. The van der Waals surface area contributed by atoms with Crippen LogP contribution in [0.15, 0.2) is 12.3 Å². The van der Waals surface area contributed by atoms with Crippen LogP contribution >= 0.6 is 0 Å². The summed E-state index contributed by atoms with van der Waals surface area (Å²) in [7, 11) is 3.83. The van der Waals surface area contributed by atoms with Crippen molar-refractivity contribution in [3.05, 3.63) is 18.0 Å². The number of hydrogen-bond acceptors (Lipinski definition) is 3. The number of rotatable bonds is 4. The number of nitrogens with one attached hydrogen (secondary N) is 1. The van der Waals surface area contributed by atoms with Gasteiger partial charge in [0.1, 0.15) is 6.17 Å². The Morgan fingerprint density at radius 3 is 3.06 bits per heavy atom. The lowest BCUT2D eigenvalue weighted by molar-refractivity contribution is 0.227. The maximum Gasteiger partial charge on any atom is 0.114 e. The number of aromatic nitrogens is 2. The van der Waals surface area contributed by atoms with Gasteiger partial charge in [0.2, 0.25) is 0 Å². The van der Waals surface area contributed by atoms with Gasteiger partial charge in [-0.15, -0.1) is 0 Å². The number of aryl methyl sites for hydroxylation is 1. The summed E-state index contributed by atoms with van der Waals surface area (Å²) in [4.78, 5) is 2.19. The van der Waals surface area contributed by atoms with Crippen LogP contribution in [0.5, 0.6) is 0 Å². The van der Waals surface area contributed by atoms with Gasteiger partial charge in [-0.2, -0.15) is 5.10 Å². The van der Waals surface area contributed by atoms with Gasteiger partial charge in [-0.25, -0.2) is 4.39 Å². The fourth-order valence-corrected chi connectivity index (χ4v) is 2.33. The zero-order valence-electron chi connectivity index (χ0n) is 9.86. The number of halogens is 1. The van der Waals surface area contributed by atoms with Crippen LogP contribution in [-0.2, 0) is 13.6 Å². The van der Waals surface area contributed by atoms with Crippen molar-refractivity contribution >= 4 is 0 Å². The normalized spacial score (nSPS) is 26.4. The van der Waals surface area contributed by atoms with Crippen molar-refractivity contribution in [2.24, 2.45) is 7.05 Å². The SMILES string of the molecule is CNC[C@@H]1C[C@H](F)CN1Cc1ccnn1C. The summed E-state index contributed by atoms with van der Waals surface area (Å²) in [6.45, 7) is 2.17. The van der Waals surface area contributed by atoms with Gasteiger partial charge in [0.05, 0.1) is 5.69 Å². The second kappa shape index (κ2) is 4.93. The van der Waals surface area contributed by atoms with Crippen LogP contribution in [0.2, 0.25) is 0 Å². The largest absolute Gasteiger partial charge is 0.318 e. The van der Waals surface area contributed by atoms with E-state index in [1.165, 1.54) is 0 Å². The fraction of sp³-hybridized carbons (Fsp3) is 0.727. The Bertz CT molecular complexity index is 338. The lowest BCUT2D eigenvalue weighted by Gasteiger charge is -2.23. The van der Waals surface area contributed by atoms with Crippen LogP contribution in [-0.4, -0.2) is 47.0 Å². The molecule has 1 saturated heterocycles. The van der Waals surface area contributed by atoms with E-state index in [1.54, 1.807) is 6.20 Å². The minimum atomic E-state index is -0.688. The molecule has 1 aliphatic heterocycles. The molecule has 0 aromatic carbocycles. The van der Waals surface area contributed by atoms with Crippen LogP contribution in [0, 0.1) is 0 Å². The Balaban J connectivity index is 2.00. The molecule has 0 amide bonds. The van der Waals surface area contributed by atoms with E-state index < -0.39 is 6.17 Å². The van der Waals surface area contributed by atoms with Crippen LogP contribution < -0.4 is 5.32 Å². The van der Waals surface area contributed by atoms with Gasteiger partial charge in [-0.1, -0.05) is 0 Å². The van der Waals surface area contributed by atoms with Crippen molar-refractivity contribution in [2.45, 2.75) is 25.2 Å². The molecule has 1 aliphatic rings. The highest BCUT2D eigenvalue weighted by Gasteiger charge is 2.31. The average molecular weight is 226 g/mol. The van der Waals surface area contributed by atoms with Gasteiger partial charge < -0.3 is 5.32 Å². The topological polar surface area (TPSA) is 33.1 Å². The van der Waals surface area contributed by atoms with Crippen LogP contribution in [0.25, 0.3) is 0 Å². The van der Waals surface area contributed by atoms with Gasteiger partial charge in [-0.3, -0.25) is 9.58 Å². The smallest absolute Gasteiger partial charge is 0.114 e. The molecule has 5 heteroatoms. The van der Waals surface area contributed by atoms with Crippen molar-refractivity contribution in [3.63, 3.8) is 0 Å². The van der Waals surface area contributed by atoms with Crippen molar-refractivity contribution in [3.8, 4) is 0 Å². The minimum absolute atomic E-state index is 0.301. The molecular formula is C11H19FN4. The summed E-state index contributed by atoms with van der Waals surface area (Å²) >= 11 is 0. The van der Waals surface area contributed by atoms with E-state index >= 15 is 0 Å². The number of hydrogen-bond donors (Lipinski definition) is 1. The molecular weight excluding hydrogens is 207 g/mol. The first-order valence-electron chi connectivity index (χ1n) is 5.70. The minimum Gasteiger partial charge on any atom is -0.318 e. The molecule has 0 spiro atoms. The van der Waals surface area contributed by atoms with E-state index in [4.69, 9.17) is 0 Å². The molecule has 2 rings (SSSR count). The van der Waals surface area contributed by atoms with E-state index in [0.29, 0.717) is 19.0 Å². The van der Waals surface area contributed by atoms with Crippen molar-refractivity contribution < 1.29 is 4.39 Å². The molecule has 2 heterocycles. The summed E-state index contributed by atoms with van der Waals surface area (Å²) in [5.74, 6) is 0. The Kier molecular flexibility index (Phi) is 3.56. The molecule has 1 N–H and O–H groups in total. The lowest BCUT2D eigenvalue weighted by Crippen LogP contribution is -2.36. The molecule has 1 aromatic heterocycles. The predicted molar refractivity (Wildman–Crippen MR) is 60.8 cm³/mol. The van der Waals surface area contributed by atoms with Crippen LogP contribution in [0.1, 0.15) is 12.1 Å². The fourth-order valence-electron chi connectivity index (χ4n) is 2.33. The Morgan fingerprint density at radius 1 is 1.62 bits per heavy atom. The van der Waals surface area contributed by atoms with Crippen molar-refractivity contribution in [2.75, 3.05) is 20.1 Å². The first-order valence-corrected chi connectivity index (χ1v) is 5.70. The molecule has 4 nitrogen and oxygen atoms in total. The third-order valence-corrected chi connectivity index (χ3v) is 3.20. The first-order chi connectivity index (χ1) is 7.70. The molecule has 2 atom stereocenters. The van der Waals surface area contributed by atoms with Crippen molar-refractivity contribution in [1.82, 2.24) is 20.0 Å². The van der Waals surface area contributed by atoms with Gasteiger partial charge in [0.15, 0.2) is 0 Å². The second-order valence-electron chi connectivity index (χ2n) is 4.42. The number of likely N-dealkylation sites (N-methyl/N-ethyl adjacent to an activating group) is 1. The van der Waals surface area contributed by atoms with Gasteiger partial charge in [0, 0.05) is 38.9 Å². The Labute approximate surface area is 95.4 Å². The van der Waals surface area contributed by atoms with E-state index in [9.17, 15) is 4.39 Å². The molecule has 1 fully saturated rings. The highest BCUT2D eigenvalue weighted by Crippen LogP contribution is 2.21. The van der Waals surface area contributed by atoms with Gasteiger partial charge >= 0.3 is 0 Å². The third-order valence-electron chi connectivity index (χ3n) is 3.20. The Hall–Kier alpha value is -0.940. The van der Waals surface area contributed by atoms with E-state index in [-0.39, 0.29) is 0 Å². The van der Waals surface area contributed by atoms with Gasteiger partial charge in [0.25, 0.3) is 0 Å². The summed E-state index contributed by atoms with van der Waals surface area (Å²) in [6.07, 6.45) is 1.73. The quantitative estimate of drug-likeness (QED) is 0.814. The van der Waals surface area contributed by atoms with Crippen LogP contribution in [0.3, 0.4) is 0 Å². The predicted octanol–water partition coefficient (Wildman–Crippen LogP) is 0.552. The highest BCUT2D eigenvalue weighted by atomic mass is 19.1. The van der Waals surface area contributed by atoms with Crippen LogP contribution in [0.4, 0.5) is 4.39 Å². The molecule has 0 radical (unpaired) electrons. The summed E-state index contributed by atoms with van der Waals surface area (Å²) in [6, 6.07) is 2.29. The van der Waals surface area contributed by atoms with Crippen molar-refractivity contribution in [1.29, 1.82) is 0 Å². The number of alkyl halides is 1. The molecule has 0 aliphatic carbocycles. The summed E-state index contributed by atoms with van der Waals surface area (Å²) in [5, 5.41) is 7.25. The summed E-state index contributed by atoms with van der Waals surface area (Å²) < 4.78 is 15.2. The maximum absolute atomic E-state index is 13.4. The third kappa shape index (κ3) is 2.41. The standard InChI is InChI=1S/C11H19FN4/c1-13-6-11-5-9(12)7-16(11)8-10-3-4-14-15(10)2/h3-4,9,11,13H,5-8H2,1-2H3/t9-,11-/m0/s1. The number of likely N-dealkylation sites (tertiary alicyclic amines) is 1. The monoisotopic (exact) mass is 226 g/mol. The molecule has 0 saturated carbocycles. The van der Waals surface area contributed by atoms with Gasteiger partial charge in [-0.05, 0) is 19.5 Å². The second-order valence-corrected chi connectivity index (χ2v) is 4.42. The zero-order valence-corrected chi connectivity index (χ0v) is 9.86. The lowest BCUT2D eigenvalue weighted by atomic mass is 10.2.